The fourth-order valence-corrected chi connectivity index (χ4v) is 2.01. The molecule has 0 aromatic carbocycles. The van der Waals surface area contributed by atoms with E-state index in [1.54, 1.807) is 0 Å². The van der Waals surface area contributed by atoms with Gasteiger partial charge in [0.1, 0.15) is 0 Å². The minimum atomic E-state index is -4.21. The van der Waals surface area contributed by atoms with Crippen LogP contribution in [0.25, 0.3) is 0 Å². The Morgan fingerprint density at radius 1 is 1.47 bits per heavy atom. The van der Waals surface area contributed by atoms with Gasteiger partial charge in [-0.05, 0) is 12.8 Å². The van der Waals surface area contributed by atoms with Crippen molar-refractivity contribution in [3.05, 3.63) is 22.7 Å². The Balaban J connectivity index is 2.18. The summed E-state index contributed by atoms with van der Waals surface area (Å²) in [5, 5.41) is 0. The summed E-state index contributed by atoms with van der Waals surface area (Å²) in [5.41, 5.74) is -0.449. The summed E-state index contributed by atoms with van der Waals surface area (Å²) in [7, 11) is 0. The molecule has 0 amide bonds. The minimum absolute atomic E-state index is 0.0708. The standard InChI is InChI=1S/C10H12F3N3O/c11-10(12,13)7-2-1-5-16(6-7)8-9(17)15-4-3-14-8/h3-4,7H,1-2,5-6H2,(H,15,17). The summed E-state index contributed by atoms with van der Waals surface area (Å²) >= 11 is 0. The molecule has 94 valence electrons. The van der Waals surface area contributed by atoms with Crippen molar-refractivity contribution in [2.75, 3.05) is 18.0 Å². The molecule has 1 unspecified atom stereocenters. The summed E-state index contributed by atoms with van der Waals surface area (Å²) in [6.45, 7) is 0.246. The number of piperidine rings is 1. The molecule has 0 bridgehead atoms. The summed E-state index contributed by atoms with van der Waals surface area (Å²) in [5.74, 6) is -1.31. The SMILES string of the molecule is O=c1[nH]ccnc1N1CCCC(C(F)(F)F)C1. The third-order valence-corrected chi connectivity index (χ3v) is 2.87. The summed E-state index contributed by atoms with van der Waals surface area (Å²) < 4.78 is 37.8. The zero-order valence-corrected chi connectivity index (χ0v) is 9.00. The lowest BCUT2D eigenvalue weighted by Crippen LogP contribution is -2.44. The number of anilines is 1. The van der Waals surface area contributed by atoms with Crippen LogP contribution in [0.1, 0.15) is 12.8 Å². The van der Waals surface area contributed by atoms with E-state index in [4.69, 9.17) is 0 Å². The van der Waals surface area contributed by atoms with Gasteiger partial charge in [0.15, 0.2) is 5.82 Å². The van der Waals surface area contributed by atoms with Crippen LogP contribution in [0.3, 0.4) is 0 Å². The van der Waals surface area contributed by atoms with Gasteiger partial charge < -0.3 is 9.88 Å². The highest BCUT2D eigenvalue weighted by atomic mass is 19.4. The summed E-state index contributed by atoms with van der Waals surface area (Å²) in [6, 6.07) is 0. The fourth-order valence-electron chi connectivity index (χ4n) is 2.01. The Hall–Kier alpha value is -1.53. The molecule has 1 saturated heterocycles. The van der Waals surface area contributed by atoms with Crippen molar-refractivity contribution >= 4 is 5.82 Å². The molecule has 0 aliphatic carbocycles. The molecule has 7 heteroatoms. The van der Waals surface area contributed by atoms with Crippen LogP contribution < -0.4 is 10.5 Å². The van der Waals surface area contributed by atoms with E-state index < -0.39 is 17.7 Å². The molecular formula is C10H12F3N3O. The zero-order valence-electron chi connectivity index (χ0n) is 9.00. The first-order chi connectivity index (χ1) is 7.98. The van der Waals surface area contributed by atoms with Gasteiger partial charge in [-0.2, -0.15) is 13.2 Å². The van der Waals surface area contributed by atoms with Crippen LogP contribution in [0.5, 0.6) is 0 Å². The molecule has 1 aromatic heterocycles. The van der Waals surface area contributed by atoms with Gasteiger partial charge in [0.25, 0.3) is 5.56 Å². The number of hydrogen-bond acceptors (Lipinski definition) is 3. The Bertz CT molecular complexity index is 443. The molecule has 1 N–H and O–H groups in total. The number of nitrogens with zero attached hydrogens (tertiary/aromatic N) is 2. The van der Waals surface area contributed by atoms with Crippen molar-refractivity contribution in [1.82, 2.24) is 9.97 Å². The van der Waals surface area contributed by atoms with Gasteiger partial charge in [-0.3, -0.25) is 4.79 Å². The molecule has 1 atom stereocenters. The van der Waals surface area contributed by atoms with Crippen LogP contribution in [-0.2, 0) is 0 Å². The van der Waals surface area contributed by atoms with Gasteiger partial charge in [-0.15, -0.1) is 0 Å². The number of hydrogen-bond donors (Lipinski definition) is 1. The maximum absolute atomic E-state index is 12.6. The van der Waals surface area contributed by atoms with Crippen molar-refractivity contribution in [1.29, 1.82) is 0 Å². The maximum atomic E-state index is 12.6. The molecule has 0 saturated carbocycles. The summed E-state index contributed by atoms with van der Waals surface area (Å²) in [4.78, 5) is 19.1. The smallest absolute Gasteiger partial charge is 0.351 e. The number of rotatable bonds is 1. The molecule has 0 radical (unpaired) electrons. The molecule has 17 heavy (non-hydrogen) atoms. The Morgan fingerprint density at radius 3 is 2.88 bits per heavy atom. The Morgan fingerprint density at radius 2 is 2.24 bits per heavy atom. The van der Waals surface area contributed by atoms with Gasteiger partial charge in [0, 0.05) is 25.5 Å². The van der Waals surface area contributed by atoms with E-state index in [1.165, 1.54) is 17.3 Å². The van der Waals surface area contributed by atoms with Gasteiger partial charge in [-0.25, -0.2) is 4.98 Å². The predicted molar refractivity (Wildman–Crippen MR) is 55.8 cm³/mol. The van der Waals surface area contributed by atoms with Crippen molar-refractivity contribution in [2.24, 2.45) is 5.92 Å². The largest absolute Gasteiger partial charge is 0.393 e. The van der Waals surface area contributed by atoms with Crippen LogP contribution in [0.15, 0.2) is 17.2 Å². The average molecular weight is 247 g/mol. The number of alkyl halides is 3. The molecule has 0 spiro atoms. The minimum Gasteiger partial charge on any atom is -0.351 e. The van der Waals surface area contributed by atoms with Gasteiger partial charge >= 0.3 is 6.18 Å². The second-order valence-corrected chi connectivity index (χ2v) is 4.07. The molecule has 1 fully saturated rings. The highest BCUT2D eigenvalue weighted by molar-refractivity contribution is 5.35. The lowest BCUT2D eigenvalue weighted by atomic mass is 9.97. The highest BCUT2D eigenvalue weighted by Crippen LogP contribution is 2.33. The van der Waals surface area contributed by atoms with Crippen LogP contribution in [0.2, 0.25) is 0 Å². The van der Waals surface area contributed by atoms with Crippen LogP contribution >= 0.6 is 0 Å². The predicted octanol–water partition coefficient (Wildman–Crippen LogP) is 1.55. The van der Waals surface area contributed by atoms with Crippen LogP contribution in [0.4, 0.5) is 19.0 Å². The monoisotopic (exact) mass is 247 g/mol. The second-order valence-electron chi connectivity index (χ2n) is 4.07. The zero-order chi connectivity index (χ0) is 12.5. The third kappa shape index (κ3) is 2.59. The molecule has 2 rings (SSSR count). The van der Waals surface area contributed by atoms with E-state index in [-0.39, 0.29) is 18.8 Å². The normalized spacial score (nSPS) is 21.6. The Kier molecular flexibility index (Phi) is 3.08. The molecule has 2 heterocycles. The topological polar surface area (TPSA) is 49.0 Å². The number of H-pyrrole nitrogens is 1. The maximum Gasteiger partial charge on any atom is 0.393 e. The van der Waals surface area contributed by atoms with Gasteiger partial charge in [0.05, 0.1) is 5.92 Å². The van der Waals surface area contributed by atoms with Crippen LogP contribution in [0, 0.1) is 5.92 Å². The van der Waals surface area contributed by atoms with E-state index in [0.29, 0.717) is 13.0 Å². The van der Waals surface area contributed by atoms with Gasteiger partial charge in [-0.1, -0.05) is 0 Å². The van der Waals surface area contributed by atoms with Crippen molar-refractivity contribution in [3.63, 3.8) is 0 Å². The molecule has 1 aliphatic rings. The molecule has 1 aliphatic heterocycles. The van der Waals surface area contributed by atoms with E-state index in [0.717, 1.165) is 0 Å². The first kappa shape index (κ1) is 11.9. The van der Waals surface area contributed by atoms with E-state index in [2.05, 4.69) is 9.97 Å². The summed E-state index contributed by atoms with van der Waals surface area (Å²) in [6.07, 6.45) is -0.948. The lowest BCUT2D eigenvalue weighted by molar-refractivity contribution is -0.176. The van der Waals surface area contributed by atoms with E-state index in [9.17, 15) is 18.0 Å². The average Bonchev–Trinajstić information content (AvgIpc) is 2.29. The quantitative estimate of drug-likeness (QED) is 0.819. The number of aromatic amines is 1. The number of nitrogens with one attached hydrogen (secondary N) is 1. The van der Waals surface area contributed by atoms with E-state index >= 15 is 0 Å². The van der Waals surface area contributed by atoms with Gasteiger partial charge in [0.2, 0.25) is 0 Å². The Labute approximate surface area is 95.5 Å². The van der Waals surface area contributed by atoms with Crippen molar-refractivity contribution in [3.8, 4) is 0 Å². The first-order valence-electron chi connectivity index (χ1n) is 5.34. The van der Waals surface area contributed by atoms with Crippen molar-refractivity contribution < 1.29 is 13.2 Å². The molecule has 1 aromatic rings. The molecule has 4 nitrogen and oxygen atoms in total. The van der Waals surface area contributed by atoms with Crippen molar-refractivity contribution in [2.45, 2.75) is 19.0 Å². The van der Waals surface area contributed by atoms with E-state index in [1.807, 2.05) is 0 Å². The number of aromatic nitrogens is 2. The third-order valence-electron chi connectivity index (χ3n) is 2.87. The fraction of sp³-hybridized carbons (Fsp3) is 0.600. The number of halogens is 3. The van der Waals surface area contributed by atoms with Crippen LogP contribution in [-0.4, -0.2) is 29.2 Å². The molecular weight excluding hydrogens is 235 g/mol. The first-order valence-corrected chi connectivity index (χ1v) is 5.34. The highest BCUT2D eigenvalue weighted by Gasteiger charge is 2.42. The second kappa shape index (κ2) is 4.38. The lowest BCUT2D eigenvalue weighted by Gasteiger charge is -2.33.